The molecule has 1 aromatic carbocycles. The number of ether oxygens (including phenoxy) is 1. The van der Waals surface area contributed by atoms with Gasteiger partial charge in [0.15, 0.2) is 6.61 Å². The molecule has 5 nitrogen and oxygen atoms in total. The number of nitrogens with zero attached hydrogens (tertiary/aromatic N) is 2. The molecule has 2 rings (SSSR count). The summed E-state index contributed by atoms with van der Waals surface area (Å²) in [5, 5.41) is 10.7. The minimum Gasteiger partial charge on any atom is -0.483 e. The smallest absolute Gasteiger partial charge is 0.253 e. The Morgan fingerprint density at radius 2 is 2.12 bits per heavy atom. The highest BCUT2D eigenvalue weighted by atomic mass is 16.5. The van der Waals surface area contributed by atoms with Crippen molar-refractivity contribution < 1.29 is 9.15 Å². The summed E-state index contributed by atoms with van der Waals surface area (Å²) in [5.41, 5.74) is 1.10. The fourth-order valence-corrected chi connectivity index (χ4v) is 1.52. The monoisotopic (exact) mass is 233 g/mol. The van der Waals surface area contributed by atoms with E-state index in [1.54, 1.807) is 6.92 Å². The molecule has 0 radical (unpaired) electrons. The van der Waals surface area contributed by atoms with E-state index in [4.69, 9.17) is 9.15 Å². The zero-order valence-corrected chi connectivity index (χ0v) is 9.93. The highest BCUT2D eigenvalue weighted by molar-refractivity contribution is 5.33. The van der Waals surface area contributed by atoms with Crippen molar-refractivity contribution in [1.82, 2.24) is 15.5 Å². The number of aryl methyl sites for hydroxylation is 1. The van der Waals surface area contributed by atoms with Gasteiger partial charge in [0, 0.05) is 19.0 Å². The van der Waals surface area contributed by atoms with Crippen LogP contribution in [0.4, 0.5) is 0 Å². The molecule has 0 saturated carbocycles. The van der Waals surface area contributed by atoms with E-state index < -0.39 is 0 Å². The number of para-hydroxylation sites is 1. The Bertz CT molecular complexity index is 482. The minimum atomic E-state index is 0.293. The normalized spacial score (nSPS) is 10.5. The second-order valence-corrected chi connectivity index (χ2v) is 3.64. The molecule has 0 unspecified atom stereocenters. The van der Waals surface area contributed by atoms with Gasteiger partial charge >= 0.3 is 0 Å². The van der Waals surface area contributed by atoms with Crippen LogP contribution in [-0.4, -0.2) is 17.2 Å². The summed E-state index contributed by atoms with van der Waals surface area (Å²) >= 11 is 0. The average Bonchev–Trinajstić information content (AvgIpc) is 2.74. The molecule has 0 fully saturated rings. The van der Waals surface area contributed by atoms with Crippen molar-refractivity contribution in [1.29, 1.82) is 0 Å². The molecule has 0 saturated heterocycles. The minimum absolute atomic E-state index is 0.293. The van der Waals surface area contributed by atoms with E-state index in [0.29, 0.717) is 18.4 Å². The molecule has 0 aliphatic heterocycles. The van der Waals surface area contributed by atoms with Gasteiger partial charge in [-0.05, 0) is 13.1 Å². The lowest BCUT2D eigenvalue weighted by Crippen LogP contribution is -2.07. The van der Waals surface area contributed by atoms with Crippen LogP contribution in [0.1, 0.15) is 17.3 Å². The van der Waals surface area contributed by atoms with Gasteiger partial charge in [-0.15, -0.1) is 10.2 Å². The fraction of sp³-hybridized carbons (Fsp3) is 0.333. The quantitative estimate of drug-likeness (QED) is 0.851. The van der Waals surface area contributed by atoms with E-state index in [1.807, 2.05) is 31.3 Å². The van der Waals surface area contributed by atoms with Gasteiger partial charge in [0.25, 0.3) is 5.89 Å². The van der Waals surface area contributed by atoms with Crippen LogP contribution in [0.5, 0.6) is 5.75 Å². The van der Waals surface area contributed by atoms with Crippen molar-refractivity contribution >= 4 is 0 Å². The van der Waals surface area contributed by atoms with Crippen molar-refractivity contribution in [2.75, 3.05) is 7.05 Å². The maximum atomic E-state index is 5.65. The fourth-order valence-electron chi connectivity index (χ4n) is 1.52. The average molecular weight is 233 g/mol. The first-order chi connectivity index (χ1) is 8.29. The third-order valence-corrected chi connectivity index (χ3v) is 2.26. The molecule has 0 bridgehead atoms. The molecule has 0 aliphatic rings. The molecule has 0 amide bonds. The van der Waals surface area contributed by atoms with Crippen LogP contribution in [0.2, 0.25) is 0 Å². The molecule has 0 spiro atoms. The van der Waals surface area contributed by atoms with Gasteiger partial charge in [-0.25, -0.2) is 0 Å². The summed E-state index contributed by atoms with van der Waals surface area (Å²) in [6.45, 7) is 2.81. The van der Waals surface area contributed by atoms with Crippen LogP contribution >= 0.6 is 0 Å². The van der Waals surface area contributed by atoms with Crippen molar-refractivity contribution in [2.24, 2.45) is 0 Å². The second kappa shape index (κ2) is 5.45. The first-order valence-electron chi connectivity index (χ1n) is 5.44. The lowest BCUT2D eigenvalue weighted by atomic mass is 10.2. The summed E-state index contributed by atoms with van der Waals surface area (Å²) in [4.78, 5) is 0. The molecule has 1 N–H and O–H groups in total. The Kier molecular flexibility index (Phi) is 3.72. The largest absolute Gasteiger partial charge is 0.483 e. The van der Waals surface area contributed by atoms with E-state index >= 15 is 0 Å². The summed E-state index contributed by atoms with van der Waals surface area (Å²) in [6.07, 6.45) is 0. The van der Waals surface area contributed by atoms with Gasteiger partial charge in [-0.2, -0.15) is 0 Å². The molecule has 17 heavy (non-hydrogen) atoms. The lowest BCUT2D eigenvalue weighted by molar-refractivity contribution is 0.258. The molecular weight excluding hydrogens is 218 g/mol. The van der Waals surface area contributed by atoms with Gasteiger partial charge in [0.1, 0.15) is 5.75 Å². The Labute approximate surface area is 99.8 Å². The van der Waals surface area contributed by atoms with E-state index in [9.17, 15) is 0 Å². The van der Waals surface area contributed by atoms with E-state index in [-0.39, 0.29) is 0 Å². The zero-order valence-electron chi connectivity index (χ0n) is 9.93. The Hall–Kier alpha value is -1.88. The Balaban J connectivity index is 2.03. The number of nitrogens with one attached hydrogen (secondary N) is 1. The predicted molar refractivity (Wildman–Crippen MR) is 62.6 cm³/mol. The van der Waals surface area contributed by atoms with Crippen LogP contribution in [0.25, 0.3) is 0 Å². The summed E-state index contributed by atoms with van der Waals surface area (Å²) in [5.74, 6) is 1.87. The van der Waals surface area contributed by atoms with Crippen molar-refractivity contribution in [2.45, 2.75) is 20.1 Å². The van der Waals surface area contributed by atoms with E-state index in [1.165, 1.54) is 0 Å². The van der Waals surface area contributed by atoms with Crippen LogP contribution in [0.3, 0.4) is 0 Å². The highest BCUT2D eigenvalue weighted by Crippen LogP contribution is 2.18. The van der Waals surface area contributed by atoms with Gasteiger partial charge in [-0.3, -0.25) is 0 Å². The molecule has 90 valence electrons. The summed E-state index contributed by atoms with van der Waals surface area (Å²) < 4.78 is 10.9. The number of hydrogen-bond acceptors (Lipinski definition) is 5. The molecule has 5 heteroatoms. The van der Waals surface area contributed by atoms with Crippen LogP contribution in [-0.2, 0) is 13.2 Å². The van der Waals surface area contributed by atoms with E-state index in [0.717, 1.165) is 17.9 Å². The van der Waals surface area contributed by atoms with Crippen molar-refractivity contribution in [3.05, 3.63) is 41.6 Å². The molecule has 0 aliphatic carbocycles. The van der Waals surface area contributed by atoms with Gasteiger partial charge in [0.05, 0.1) is 0 Å². The third kappa shape index (κ3) is 3.04. The molecular formula is C12H15N3O2. The van der Waals surface area contributed by atoms with Gasteiger partial charge in [0.2, 0.25) is 5.89 Å². The first kappa shape index (κ1) is 11.6. The maximum absolute atomic E-state index is 5.65. The lowest BCUT2D eigenvalue weighted by Gasteiger charge is -2.09. The SMILES string of the molecule is CNCc1ccccc1OCc1nnc(C)o1. The molecule has 2 aromatic rings. The standard InChI is InChI=1S/C12H15N3O2/c1-9-14-15-12(17-9)8-16-11-6-4-3-5-10(11)7-13-2/h3-6,13H,7-8H2,1-2H3. The summed E-state index contributed by atoms with van der Waals surface area (Å²) in [6, 6.07) is 7.87. The van der Waals surface area contributed by atoms with Gasteiger partial charge < -0.3 is 14.5 Å². The topological polar surface area (TPSA) is 60.2 Å². The Morgan fingerprint density at radius 1 is 1.29 bits per heavy atom. The molecule has 0 atom stereocenters. The highest BCUT2D eigenvalue weighted by Gasteiger charge is 2.06. The number of benzene rings is 1. The first-order valence-corrected chi connectivity index (χ1v) is 5.44. The van der Waals surface area contributed by atoms with Crippen molar-refractivity contribution in [3.63, 3.8) is 0 Å². The predicted octanol–water partition coefficient (Wildman–Crippen LogP) is 1.68. The van der Waals surface area contributed by atoms with Crippen molar-refractivity contribution in [3.8, 4) is 5.75 Å². The summed E-state index contributed by atoms with van der Waals surface area (Å²) in [7, 11) is 1.90. The zero-order chi connectivity index (χ0) is 12.1. The van der Waals surface area contributed by atoms with Gasteiger partial charge in [-0.1, -0.05) is 18.2 Å². The molecule has 1 aromatic heterocycles. The Morgan fingerprint density at radius 3 is 2.82 bits per heavy atom. The third-order valence-electron chi connectivity index (χ3n) is 2.26. The maximum Gasteiger partial charge on any atom is 0.253 e. The molecule has 1 heterocycles. The van der Waals surface area contributed by atoms with E-state index in [2.05, 4.69) is 15.5 Å². The second-order valence-electron chi connectivity index (χ2n) is 3.64. The number of hydrogen-bond donors (Lipinski definition) is 1. The van der Waals surface area contributed by atoms with Crippen LogP contribution in [0, 0.1) is 6.92 Å². The van der Waals surface area contributed by atoms with Crippen LogP contribution in [0.15, 0.2) is 28.7 Å². The van der Waals surface area contributed by atoms with Crippen LogP contribution < -0.4 is 10.1 Å². The number of rotatable bonds is 5. The number of aromatic nitrogens is 2.